The lowest BCUT2D eigenvalue weighted by Crippen LogP contribution is -2.79. The van der Waals surface area contributed by atoms with E-state index in [1.165, 1.54) is 6.07 Å². The number of nitrogens with zero attached hydrogens (tertiary/aromatic N) is 3. The Bertz CT molecular complexity index is 529. The molecule has 6 nitrogen and oxygen atoms in total. The van der Waals surface area contributed by atoms with Gasteiger partial charge in [0.05, 0.1) is 5.69 Å². The lowest BCUT2D eigenvalue weighted by molar-refractivity contribution is -0.389. The Labute approximate surface area is 118 Å². The third kappa shape index (κ3) is 1.95. The standard InChI is InChI=1S/C14H20N4O2/c1-13(2,3)12-14(7-16-12)8-17(9-14)10-4-5-11(15-6-10)18(19)20/h4-6,12,16H,7-9H2,1-3H3. The van der Waals surface area contributed by atoms with Gasteiger partial charge in [0.1, 0.15) is 0 Å². The van der Waals surface area contributed by atoms with Gasteiger partial charge in [-0.2, -0.15) is 0 Å². The lowest BCUT2D eigenvalue weighted by atomic mass is 9.59. The zero-order chi connectivity index (χ0) is 14.5. The SMILES string of the molecule is CC(C)(C)C1NCC12CN(c1ccc([N+](=O)[O-])nc1)C2. The average Bonchev–Trinajstić information content (AvgIpc) is 2.24. The Balaban J connectivity index is 1.67. The summed E-state index contributed by atoms with van der Waals surface area (Å²) in [5, 5.41) is 14.1. The van der Waals surface area contributed by atoms with E-state index in [0.717, 1.165) is 25.3 Å². The first kappa shape index (κ1) is 13.3. The molecule has 20 heavy (non-hydrogen) atoms. The molecule has 1 atom stereocenters. The van der Waals surface area contributed by atoms with Crippen LogP contribution in [0.25, 0.3) is 0 Å². The smallest absolute Gasteiger partial charge is 0.363 e. The third-order valence-corrected chi connectivity index (χ3v) is 4.43. The van der Waals surface area contributed by atoms with Crippen molar-refractivity contribution in [3.63, 3.8) is 0 Å². The van der Waals surface area contributed by atoms with Crippen molar-refractivity contribution in [2.24, 2.45) is 10.8 Å². The van der Waals surface area contributed by atoms with Gasteiger partial charge in [0, 0.05) is 37.2 Å². The summed E-state index contributed by atoms with van der Waals surface area (Å²) in [6, 6.07) is 3.80. The molecule has 2 saturated heterocycles. The van der Waals surface area contributed by atoms with E-state index in [-0.39, 0.29) is 11.2 Å². The van der Waals surface area contributed by atoms with Crippen molar-refractivity contribution in [1.29, 1.82) is 0 Å². The van der Waals surface area contributed by atoms with Crippen LogP contribution in [-0.4, -0.2) is 35.6 Å². The quantitative estimate of drug-likeness (QED) is 0.659. The summed E-state index contributed by atoms with van der Waals surface area (Å²) in [6.07, 6.45) is 1.60. The first-order chi connectivity index (χ1) is 9.32. The number of nitro groups is 1. The second kappa shape index (κ2) is 4.15. The Hall–Kier alpha value is -1.69. The monoisotopic (exact) mass is 276 g/mol. The summed E-state index contributed by atoms with van der Waals surface area (Å²) in [6.45, 7) is 9.86. The van der Waals surface area contributed by atoms with E-state index in [1.807, 2.05) is 0 Å². The first-order valence-corrected chi connectivity index (χ1v) is 6.91. The molecule has 0 saturated carbocycles. The zero-order valence-corrected chi connectivity index (χ0v) is 12.1. The van der Waals surface area contributed by atoms with Crippen LogP contribution in [0.3, 0.4) is 0 Å². The molecule has 2 aliphatic heterocycles. The maximum Gasteiger partial charge on any atom is 0.363 e. The molecule has 2 fully saturated rings. The zero-order valence-electron chi connectivity index (χ0n) is 12.1. The molecule has 0 bridgehead atoms. The fourth-order valence-electron chi connectivity index (χ4n) is 3.58. The molecule has 1 aromatic rings. The summed E-state index contributed by atoms with van der Waals surface area (Å²) in [7, 11) is 0. The van der Waals surface area contributed by atoms with E-state index in [1.54, 1.807) is 12.3 Å². The van der Waals surface area contributed by atoms with Gasteiger partial charge in [0.15, 0.2) is 6.20 Å². The van der Waals surface area contributed by atoms with E-state index >= 15 is 0 Å². The van der Waals surface area contributed by atoms with Crippen LogP contribution in [0.4, 0.5) is 11.5 Å². The number of rotatable bonds is 2. The Morgan fingerprint density at radius 2 is 2.15 bits per heavy atom. The minimum atomic E-state index is -0.465. The highest BCUT2D eigenvalue weighted by Crippen LogP contribution is 2.47. The van der Waals surface area contributed by atoms with Crippen molar-refractivity contribution < 1.29 is 4.92 Å². The van der Waals surface area contributed by atoms with Crippen molar-refractivity contribution in [2.75, 3.05) is 24.5 Å². The van der Waals surface area contributed by atoms with Gasteiger partial charge in [0.2, 0.25) is 0 Å². The summed E-state index contributed by atoms with van der Waals surface area (Å²) in [5.74, 6) is -0.0955. The Kier molecular flexibility index (Phi) is 2.76. The highest BCUT2D eigenvalue weighted by Gasteiger charge is 2.58. The van der Waals surface area contributed by atoms with Crippen molar-refractivity contribution >= 4 is 11.5 Å². The van der Waals surface area contributed by atoms with Gasteiger partial charge in [-0.3, -0.25) is 0 Å². The molecule has 1 N–H and O–H groups in total. The molecule has 0 aromatic carbocycles. The molecule has 1 unspecified atom stereocenters. The number of nitrogens with one attached hydrogen (secondary N) is 1. The molecule has 0 amide bonds. The van der Waals surface area contributed by atoms with Gasteiger partial charge < -0.3 is 20.3 Å². The molecule has 6 heteroatoms. The molecule has 1 spiro atoms. The number of hydrogen-bond donors (Lipinski definition) is 1. The van der Waals surface area contributed by atoms with Crippen LogP contribution >= 0.6 is 0 Å². The van der Waals surface area contributed by atoms with Gasteiger partial charge >= 0.3 is 5.82 Å². The van der Waals surface area contributed by atoms with Crippen molar-refractivity contribution in [3.05, 3.63) is 28.4 Å². The van der Waals surface area contributed by atoms with Crippen molar-refractivity contribution in [1.82, 2.24) is 10.3 Å². The highest BCUT2D eigenvalue weighted by atomic mass is 16.6. The highest BCUT2D eigenvalue weighted by molar-refractivity contribution is 5.51. The van der Waals surface area contributed by atoms with Crippen molar-refractivity contribution in [3.8, 4) is 0 Å². The fraction of sp³-hybridized carbons (Fsp3) is 0.643. The molecule has 1 aromatic heterocycles. The Morgan fingerprint density at radius 1 is 1.45 bits per heavy atom. The van der Waals surface area contributed by atoms with Crippen LogP contribution in [0, 0.1) is 20.9 Å². The largest absolute Gasteiger partial charge is 0.367 e. The number of anilines is 1. The fourth-order valence-corrected chi connectivity index (χ4v) is 3.58. The maximum absolute atomic E-state index is 10.6. The van der Waals surface area contributed by atoms with Gasteiger partial charge in [-0.25, -0.2) is 0 Å². The summed E-state index contributed by atoms with van der Waals surface area (Å²) >= 11 is 0. The predicted octanol–water partition coefficient (Wildman–Crippen LogP) is 1.81. The van der Waals surface area contributed by atoms with Gasteiger partial charge in [0.25, 0.3) is 0 Å². The van der Waals surface area contributed by atoms with Crippen molar-refractivity contribution in [2.45, 2.75) is 26.8 Å². The van der Waals surface area contributed by atoms with E-state index in [4.69, 9.17) is 0 Å². The normalized spacial score (nSPS) is 24.1. The summed E-state index contributed by atoms with van der Waals surface area (Å²) < 4.78 is 0. The number of pyridine rings is 1. The van der Waals surface area contributed by atoms with E-state index in [9.17, 15) is 10.1 Å². The molecule has 3 heterocycles. The molecule has 0 aliphatic carbocycles. The summed E-state index contributed by atoms with van der Waals surface area (Å²) in [4.78, 5) is 16.3. The molecule has 108 valence electrons. The van der Waals surface area contributed by atoms with Crippen LogP contribution in [0.5, 0.6) is 0 Å². The van der Waals surface area contributed by atoms with E-state index in [2.05, 4.69) is 36.0 Å². The van der Waals surface area contributed by atoms with E-state index < -0.39 is 4.92 Å². The molecule has 0 radical (unpaired) electrons. The first-order valence-electron chi connectivity index (χ1n) is 6.91. The second-order valence-electron chi connectivity index (χ2n) is 7.03. The average molecular weight is 276 g/mol. The minimum Gasteiger partial charge on any atom is -0.367 e. The predicted molar refractivity (Wildman–Crippen MR) is 76.8 cm³/mol. The van der Waals surface area contributed by atoms with Crippen LogP contribution in [0.1, 0.15) is 20.8 Å². The molecule has 2 aliphatic rings. The number of hydrogen-bond acceptors (Lipinski definition) is 5. The Morgan fingerprint density at radius 3 is 2.55 bits per heavy atom. The molecular weight excluding hydrogens is 256 g/mol. The van der Waals surface area contributed by atoms with Crippen LogP contribution in [0.2, 0.25) is 0 Å². The maximum atomic E-state index is 10.6. The van der Waals surface area contributed by atoms with Crippen LogP contribution in [0.15, 0.2) is 18.3 Å². The molecule has 3 rings (SSSR count). The third-order valence-electron chi connectivity index (χ3n) is 4.43. The lowest BCUT2D eigenvalue weighted by Gasteiger charge is -2.65. The van der Waals surface area contributed by atoms with E-state index in [0.29, 0.717) is 11.5 Å². The minimum absolute atomic E-state index is 0.0955. The van der Waals surface area contributed by atoms with Crippen LogP contribution < -0.4 is 10.2 Å². The van der Waals surface area contributed by atoms with Crippen LogP contribution in [-0.2, 0) is 0 Å². The molecular formula is C14H20N4O2. The number of aromatic nitrogens is 1. The topological polar surface area (TPSA) is 71.3 Å². The van der Waals surface area contributed by atoms with Gasteiger partial charge in [-0.15, -0.1) is 0 Å². The second-order valence-corrected chi connectivity index (χ2v) is 7.03. The summed E-state index contributed by atoms with van der Waals surface area (Å²) in [5.41, 5.74) is 1.60. The van der Waals surface area contributed by atoms with Gasteiger partial charge in [-0.1, -0.05) is 20.8 Å². The van der Waals surface area contributed by atoms with Gasteiger partial charge in [-0.05, 0) is 21.4 Å².